The van der Waals surface area contributed by atoms with Gasteiger partial charge in [-0.15, -0.1) is 0 Å². The summed E-state index contributed by atoms with van der Waals surface area (Å²) in [5, 5.41) is 16.6. The molecule has 0 spiro atoms. The number of carbonyl (C=O) groups is 1. The van der Waals surface area contributed by atoms with Crippen molar-refractivity contribution in [3.05, 3.63) is 65.2 Å². The Balaban J connectivity index is 1.85. The molecule has 1 aromatic heterocycles. The van der Waals surface area contributed by atoms with Crippen molar-refractivity contribution in [3.63, 3.8) is 0 Å². The van der Waals surface area contributed by atoms with Crippen LogP contribution in [0.3, 0.4) is 0 Å². The number of aromatic nitrogens is 2. The number of rotatable bonds is 8. The first-order valence-electron chi connectivity index (χ1n) is 8.62. The molecule has 3 rings (SSSR count). The zero-order valence-electron chi connectivity index (χ0n) is 15.6. The summed E-state index contributed by atoms with van der Waals surface area (Å²) in [5.74, 6) is -0.872. The number of hydrogen-bond acceptors (Lipinski definition) is 6. The van der Waals surface area contributed by atoms with Crippen molar-refractivity contribution >= 4 is 5.97 Å². The van der Waals surface area contributed by atoms with E-state index >= 15 is 0 Å². The third-order valence-electron chi connectivity index (χ3n) is 4.20. The van der Waals surface area contributed by atoms with Gasteiger partial charge in [0, 0.05) is 18.7 Å². The maximum atomic E-state index is 13.2. The van der Waals surface area contributed by atoms with Crippen LogP contribution in [0.1, 0.15) is 17.0 Å². The van der Waals surface area contributed by atoms with Gasteiger partial charge in [-0.3, -0.25) is 4.90 Å². The number of ether oxygens (including phenoxy) is 1. The second kappa shape index (κ2) is 8.62. The van der Waals surface area contributed by atoms with Gasteiger partial charge in [-0.25, -0.2) is 13.8 Å². The molecule has 28 heavy (non-hydrogen) atoms. The van der Waals surface area contributed by atoms with E-state index in [0.717, 1.165) is 22.4 Å². The molecule has 0 saturated heterocycles. The van der Waals surface area contributed by atoms with Crippen molar-refractivity contribution in [2.24, 2.45) is 0 Å². The molecule has 8 heteroatoms. The van der Waals surface area contributed by atoms with Crippen LogP contribution in [0.5, 0.6) is 5.75 Å². The topological polar surface area (TPSA) is 88.7 Å². The fraction of sp³-hybridized carbons (Fsp3) is 0.250. The van der Waals surface area contributed by atoms with E-state index in [1.807, 2.05) is 31.0 Å². The second-order valence-corrected chi connectivity index (χ2v) is 6.48. The first-order chi connectivity index (χ1) is 13.4. The van der Waals surface area contributed by atoms with Crippen LogP contribution in [0, 0.1) is 12.7 Å². The maximum Gasteiger partial charge on any atom is 0.341 e. The van der Waals surface area contributed by atoms with Crippen LogP contribution < -0.4 is 4.74 Å². The van der Waals surface area contributed by atoms with E-state index in [-0.39, 0.29) is 5.82 Å². The van der Waals surface area contributed by atoms with Crippen LogP contribution >= 0.6 is 0 Å². The molecule has 0 aliphatic carbocycles. The highest BCUT2D eigenvalue weighted by Gasteiger charge is 2.14. The van der Waals surface area contributed by atoms with Gasteiger partial charge in [0.2, 0.25) is 0 Å². The van der Waals surface area contributed by atoms with Crippen molar-refractivity contribution in [3.8, 4) is 16.9 Å². The van der Waals surface area contributed by atoms with E-state index in [2.05, 4.69) is 10.3 Å². The maximum absolute atomic E-state index is 13.2. The van der Waals surface area contributed by atoms with Gasteiger partial charge in [-0.2, -0.15) is 0 Å². The quantitative estimate of drug-likeness (QED) is 0.636. The van der Waals surface area contributed by atoms with Crippen LogP contribution in [0.2, 0.25) is 0 Å². The highest BCUT2D eigenvalue weighted by molar-refractivity contribution is 5.69. The number of halogens is 1. The molecule has 146 valence electrons. The summed E-state index contributed by atoms with van der Waals surface area (Å²) in [5.41, 5.74) is 3.98. The number of nitrogens with zero attached hydrogens (tertiary/aromatic N) is 3. The van der Waals surface area contributed by atoms with E-state index in [1.165, 1.54) is 12.1 Å². The summed E-state index contributed by atoms with van der Waals surface area (Å²) in [6.07, 6.45) is 0. The highest BCUT2D eigenvalue weighted by atomic mass is 19.1. The average Bonchev–Trinajstić information content (AvgIpc) is 3.05. The van der Waals surface area contributed by atoms with Gasteiger partial charge >= 0.3 is 5.97 Å². The lowest BCUT2D eigenvalue weighted by Gasteiger charge is -2.19. The molecule has 2 aromatic carbocycles. The van der Waals surface area contributed by atoms with Gasteiger partial charge in [0.15, 0.2) is 6.61 Å². The number of carboxylic acid groups (broad SMARTS) is 1. The molecule has 0 atom stereocenters. The van der Waals surface area contributed by atoms with Gasteiger partial charge in [0.25, 0.3) is 0 Å². The summed E-state index contributed by atoms with van der Waals surface area (Å²) in [7, 11) is 1.90. The Morgan fingerprint density at radius 2 is 1.86 bits per heavy atom. The summed E-state index contributed by atoms with van der Waals surface area (Å²) in [6.45, 7) is 2.37. The average molecular weight is 385 g/mol. The summed E-state index contributed by atoms with van der Waals surface area (Å²) in [6, 6.07) is 11.6. The van der Waals surface area contributed by atoms with Gasteiger partial charge < -0.3 is 9.84 Å². The van der Waals surface area contributed by atoms with Crippen molar-refractivity contribution in [2.75, 3.05) is 13.7 Å². The molecule has 7 nitrogen and oxygen atoms in total. The zero-order valence-corrected chi connectivity index (χ0v) is 15.6. The van der Waals surface area contributed by atoms with Crippen LogP contribution in [-0.2, 0) is 17.9 Å². The second-order valence-electron chi connectivity index (χ2n) is 6.48. The zero-order chi connectivity index (χ0) is 20.1. The lowest BCUT2D eigenvalue weighted by Crippen LogP contribution is -2.19. The molecular weight excluding hydrogens is 365 g/mol. The van der Waals surface area contributed by atoms with Crippen molar-refractivity contribution < 1.29 is 23.7 Å². The Hall–Kier alpha value is -3.26. The monoisotopic (exact) mass is 385 g/mol. The van der Waals surface area contributed by atoms with Crippen molar-refractivity contribution in [2.45, 2.75) is 20.0 Å². The molecular formula is C20H20FN3O4. The van der Waals surface area contributed by atoms with Crippen molar-refractivity contribution in [1.82, 2.24) is 15.2 Å². The number of benzene rings is 2. The van der Waals surface area contributed by atoms with E-state index in [9.17, 15) is 9.18 Å². The molecule has 1 N–H and O–H groups in total. The fourth-order valence-electron chi connectivity index (χ4n) is 2.80. The molecule has 0 saturated carbocycles. The number of aryl methyl sites for hydroxylation is 1. The Bertz CT molecular complexity index is 956. The predicted molar refractivity (Wildman–Crippen MR) is 99.2 cm³/mol. The first kappa shape index (κ1) is 19.5. The Labute approximate surface area is 161 Å². The molecule has 0 amide bonds. The minimum Gasteiger partial charge on any atom is -0.482 e. The van der Waals surface area contributed by atoms with Gasteiger partial charge in [-0.05, 0) is 49.4 Å². The lowest BCUT2D eigenvalue weighted by molar-refractivity contribution is -0.139. The smallest absolute Gasteiger partial charge is 0.341 e. The molecule has 0 aliphatic heterocycles. The normalized spacial score (nSPS) is 11.0. The number of aliphatic carboxylic acids is 1. The van der Waals surface area contributed by atoms with Crippen LogP contribution in [0.4, 0.5) is 4.39 Å². The Morgan fingerprint density at radius 3 is 2.50 bits per heavy atom. The van der Waals surface area contributed by atoms with E-state index in [0.29, 0.717) is 24.5 Å². The van der Waals surface area contributed by atoms with E-state index in [1.54, 1.807) is 18.2 Å². The third-order valence-corrected chi connectivity index (χ3v) is 4.20. The summed E-state index contributed by atoms with van der Waals surface area (Å²) in [4.78, 5) is 12.9. The highest BCUT2D eigenvalue weighted by Crippen LogP contribution is 2.28. The number of carboxylic acids is 1. The predicted octanol–water partition coefficient (Wildman–Crippen LogP) is 3.28. The molecule has 1 heterocycles. The molecule has 0 unspecified atom stereocenters. The van der Waals surface area contributed by atoms with Crippen molar-refractivity contribution in [1.29, 1.82) is 0 Å². The molecule has 0 aliphatic rings. The summed E-state index contributed by atoms with van der Waals surface area (Å²) < 4.78 is 23.4. The third kappa shape index (κ3) is 4.92. The summed E-state index contributed by atoms with van der Waals surface area (Å²) >= 11 is 0. The van der Waals surface area contributed by atoms with Crippen LogP contribution in [0.25, 0.3) is 11.1 Å². The minimum atomic E-state index is -1.05. The van der Waals surface area contributed by atoms with Gasteiger partial charge in [-0.1, -0.05) is 28.5 Å². The fourth-order valence-corrected chi connectivity index (χ4v) is 2.80. The largest absolute Gasteiger partial charge is 0.482 e. The van der Waals surface area contributed by atoms with Crippen LogP contribution in [-0.4, -0.2) is 39.9 Å². The van der Waals surface area contributed by atoms with E-state index in [4.69, 9.17) is 14.5 Å². The SMILES string of the molecule is Cc1nonc1CN(C)Cc1cc(-c2ccc(F)cc2)ccc1OCC(=O)O. The lowest BCUT2D eigenvalue weighted by atomic mass is 10.0. The Kier molecular flexibility index (Phi) is 6.00. The van der Waals surface area contributed by atoms with E-state index < -0.39 is 12.6 Å². The molecule has 0 bridgehead atoms. The van der Waals surface area contributed by atoms with Gasteiger partial charge in [0.05, 0.1) is 0 Å². The van der Waals surface area contributed by atoms with Gasteiger partial charge in [0.1, 0.15) is 23.0 Å². The minimum absolute atomic E-state index is 0.304. The first-order valence-corrected chi connectivity index (χ1v) is 8.62. The standard InChI is InChI=1S/C20H20FN3O4/c1-13-18(23-28-22-13)11-24(2)10-16-9-15(14-3-6-17(21)7-4-14)5-8-19(16)27-12-20(25)26/h3-9H,10-12H2,1-2H3,(H,25,26). The number of hydrogen-bond donors (Lipinski definition) is 1. The van der Waals surface area contributed by atoms with Crippen LogP contribution in [0.15, 0.2) is 47.1 Å². The molecule has 0 radical (unpaired) electrons. The molecule has 0 fully saturated rings. The Morgan fingerprint density at radius 1 is 1.14 bits per heavy atom. The molecule has 3 aromatic rings.